The molecule has 0 atom stereocenters. The molecule has 21 heavy (non-hydrogen) atoms. The summed E-state index contributed by atoms with van der Waals surface area (Å²) in [5.74, 6) is 1.04. The Hall–Kier alpha value is -1.50. The van der Waals surface area contributed by atoms with Crippen molar-refractivity contribution in [2.24, 2.45) is 0 Å². The van der Waals surface area contributed by atoms with Crippen molar-refractivity contribution in [1.29, 1.82) is 0 Å². The highest BCUT2D eigenvalue weighted by molar-refractivity contribution is 5.93. The topological polar surface area (TPSA) is 9.23 Å². The van der Waals surface area contributed by atoms with Gasteiger partial charge in [0.2, 0.25) is 0 Å². The van der Waals surface area contributed by atoms with Crippen molar-refractivity contribution in [3.8, 4) is 5.75 Å². The normalized spacial score (nSPS) is 11.0. The van der Waals surface area contributed by atoms with Crippen LogP contribution in [0.5, 0.6) is 5.75 Å². The average molecular weight is 284 g/mol. The van der Waals surface area contributed by atoms with E-state index in [1.807, 2.05) is 0 Å². The monoisotopic (exact) mass is 284 g/mol. The molecule has 0 unspecified atom stereocenters. The van der Waals surface area contributed by atoms with Crippen LogP contribution < -0.4 is 4.74 Å². The zero-order chi connectivity index (χ0) is 15.1. The van der Waals surface area contributed by atoms with Gasteiger partial charge in [0, 0.05) is 5.39 Å². The molecule has 0 aliphatic rings. The first-order chi connectivity index (χ1) is 10.2. The lowest BCUT2D eigenvalue weighted by atomic mass is 10.0. The lowest BCUT2D eigenvalue weighted by Gasteiger charge is -2.12. The molecule has 0 fully saturated rings. The predicted molar refractivity (Wildman–Crippen MR) is 92.3 cm³/mol. The third kappa shape index (κ3) is 4.23. The summed E-state index contributed by atoms with van der Waals surface area (Å²) >= 11 is 0. The fourth-order valence-corrected chi connectivity index (χ4v) is 2.96. The maximum Gasteiger partial charge on any atom is 0.127 e. The highest BCUT2D eigenvalue weighted by Crippen LogP contribution is 2.30. The molecule has 0 heterocycles. The van der Waals surface area contributed by atoms with E-state index in [-0.39, 0.29) is 0 Å². The molecule has 0 saturated carbocycles. The summed E-state index contributed by atoms with van der Waals surface area (Å²) in [6.07, 6.45) is 7.82. The van der Waals surface area contributed by atoms with E-state index in [9.17, 15) is 0 Å². The first kappa shape index (κ1) is 15.9. The summed E-state index contributed by atoms with van der Waals surface area (Å²) in [7, 11) is 0. The molecule has 0 bridgehead atoms. The summed E-state index contributed by atoms with van der Waals surface area (Å²) in [6.45, 7) is 7.44. The molecular formula is C20H28O. The maximum absolute atomic E-state index is 6.04. The number of benzene rings is 2. The average Bonchev–Trinajstić information content (AvgIpc) is 2.48. The molecule has 0 N–H and O–H groups in total. The number of unbranched alkanes of at least 4 members (excludes halogenated alkanes) is 5. The Labute approximate surface area is 129 Å². The van der Waals surface area contributed by atoms with Gasteiger partial charge in [-0.15, -0.1) is 0 Å². The van der Waals surface area contributed by atoms with E-state index in [0.29, 0.717) is 0 Å². The van der Waals surface area contributed by atoms with E-state index in [1.54, 1.807) is 0 Å². The van der Waals surface area contributed by atoms with Gasteiger partial charge < -0.3 is 4.74 Å². The van der Waals surface area contributed by atoms with Crippen LogP contribution in [0.2, 0.25) is 0 Å². The Kier molecular flexibility index (Phi) is 6.10. The van der Waals surface area contributed by atoms with Crippen LogP contribution in [-0.4, -0.2) is 6.61 Å². The molecule has 0 spiro atoms. The van der Waals surface area contributed by atoms with E-state index >= 15 is 0 Å². The van der Waals surface area contributed by atoms with Crippen LogP contribution in [0.25, 0.3) is 10.8 Å². The zero-order valence-electron chi connectivity index (χ0n) is 13.7. The molecular weight excluding hydrogens is 256 g/mol. The molecule has 114 valence electrons. The van der Waals surface area contributed by atoms with Crippen LogP contribution in [0.4, 0.5) is 0 Å². The molecule has 2 aromatic carbocycles. The lowest BCUT2D eigenvalue weighted by molar-refractivity contribution is 0.308. The summed E-state index contributed by atoms with van der Waals surface area (Å²) in [5, 5.41) is 2.60. The number of hydrogen-bond donors (Lipinski definition) is 0. The Bertz CT molecular complexity index is 563. The lowest BCUT2D eigenvalue weighted by Crippen LogP contribution is -1.98. The van der Waals surface area contributed by atoms with Crippen LogP contribution in [0.15, 0.2) is 30.3 Å². The molecule has 2 aromatic rings. The summed E-state index contributed by atoms with van der Waals surface area (Å²) in [6, 6.07) is 10.8. The van der Waals surface area contributed by atoms with Crippen LogP contribution in [0, 0.1) is 13.8 Å². The SMILES string of the molecule is CCCCCCCCOc1ccc(C)c2c(C)cccc12. The number of aryl methyl sites for hydroxylation is 2. The van der Waals surface area contributed by atoms with E-state index in [0.717, 1.165) is 18.8 Å². The van der Waals surface area contributed by atoms with Crippen molar-refractivity contribution in [2.45, 2.75) is 59.3 Å². The Morgan fingerprint density at radius 2 is 1.52 bits per heavy atom. The van der Waals surface area contributed by atoms with Crippen LogP contribution >= 0.6 is 0 Å². The largest absolute Gasteiger partial charge is 0.493 e. The molecule has 0 aliphatic carbocycles. The minimum atomic E-state index is 0.832. The van der Waals surface area contributed by atoms with Gasteiger partial charge in [-0.2, -0.15) is 0 Å². The van der Waals surface area contributed by atoms with Gasteiger partial charge >= 0.3 is 0 Å². The van der Waals surface area contributed by atoms with Gasteiger partial charge in [0.25, 0.3) is 0 Å². The third-order valence-electron chi connectivity index (χ3n) is 4.17. The number of rotatable bonds is 8. The smallest absolute Gasteiger partial charge is 0.127 e. The molecule has 1 nitrogen and oxygen atoms in total. The number of ether oxygens (including phenoxy) is 1. The van der Waals surface area contributed by atoms with Gasteiger partial charge in [-0.05, 0) is 42.8 Å². The Morgan fingerprint density at radius 3 is 2.33 bits per heavy atom. The van der Waals surface area contributed by atoms with Crippen molar-refractivity contribution in [1.82, 2.24) is 0 Å². The maximum atomic E-state index is 6.04. The van der Waals surface area contributed by atoms with Gasteiger partial charge in [-0.3, -0.25) is 0 Å². The Balaban J connectivity index is 1.94. The summed E-state index contributed by atoms with van der Waals surface area (Å²) < 4.78 is 6.04. The highest BCUT2D eigenvalue weighted by Gasteiger charge is 2.06. The first-order valence-corrected chi connectivity index (χ1v) is 8.35. The summed E-state index contributed by atoms with van der Waals surface area (Å²) in [4.78, 5) is 0. The molecule has 0 aromatic heterocycles. The number of hydrogen-bond acceptors (Lipinski definition) is 1. The molecule has 0 amide bonds. The van der Waals surface area contributed by atoms with E-state index in [1.165, 1.54) is 54.0 Å². The van der Waals surface area contributed by atoms with Gasteiger partial charge in [0.05, 0.1) is 6.61 Å². The highest BCUT2D eigenvalue weighted by atomic mass is 16.5. The molecule has 0 saturated heterocycles. The van der Waals surface area contributed by atoms with Gasteiger partial charge in [-0.25, -0.2) is 0 Å². The first-order valence-electron chi connectivity index (χ1n) is 8.35. The minimum Gasteiger partial charge on any atom is -0.493 e. The quantitative estimate of drug-likeness (QED) is 0.525. The minimum absolute atomic E-state index is 0.832. The molecule has 0 radical (unpaired) electrons. The third-order valence-corrected chi connectivity index (χ3v) is 4.17. The molecule has 2 rings (SSSR count). The Morgan fingerprint density at radius 1 is 0.810 bits per heavy atom. The fourth-order valence-electron chi connectivity index (χ4n) is 2.96. The standard InChI is InChI=1S/C20H28O/c1-4-5-6-7-8-9-15-21-19-14-13-17(3)20-16(2)11-10-12-18(19)20/h10-14H,4-9,15H2,1-3H3. The summed E-state index contributed by atoms with van der Waals surface area (Å²) in [5.41, 5.74) is 2.66. The van der Waals surface area contributed by atoms with Crippen LogP contribution in [-0.2, 0) is 0 Å². The van der Waals surface area contributed by atoms with Crippen molar-refractivity contribution < 1.29 is 4.74 Å². The molecule has 0 aliphatic heterocycles. The van der Waals surface area contributed by atoms with Crippen molar-refractivity contribution in [3.05, 3.63) is 41.5 Å². The van der Waals surface area contributed by atoms with Gasteiger partial charge in [0.1, 0.15) is 5.75 Å². The molecule has 1 heteroatoms. The van der Waals surface area contributed by atoms with Gasteiger partial charge in [-0.1, -0.05) is 63.3 Å². The van der Waals surface area contributed by atoms with E-state index < -0.39 is 0 Å². The fraction of sp³-hybridized carbons (Fsp3) is 0.500. The van der Waals surface area contributed by atoms with Crippen LogP contribution in [0.1, 0.15) is 56.6 Å². The predicted octanol–water partition coefficient (Wildman–Crippen LogP) is 6.20. The van der Waals surface area contributed by atoms with Crippen molar-refractivity contribution >= 4 is 10.8 Å². The second-order valence-corrected chi connectivity index (χ2v) is 5.99. The van der Waals surface area contributed by atoms with E-state index in [4.69, 9.17) is 4.74 Å². The zero-order valence-corrected chi connectivity index (χ0v) is 13.7. The van der Waals surface area contributed by atoms with Gasteiger partial charge in [0.15, 0.2) is 0 Å². The van der Waals surface area contributed by atoms with Crippen LogP contribution in [0.3, 0.4) is 0 Å². The van der Waals surface area contributed by atoms with E-state index in [2.05, 4.69) is 51.1 Å². The second-order valence-electron chi connectivity index (χ2n) is 5.99. The number of fused-ring (bicyclic) bond motifs is 1. The van der Waals surface area contributed by atoms with Crippen molar-refractivity contribution in [2.75, 3.05) is 6.61 Å². The van der Waals surface area contributed by atoms with Crippen molar-refractivity contribution in [3.63, 3.8) is 0 Å². The second kappa shape index (κ2) is 8.07.